The van der Waals surface area contributed by atoms with Crippen LogP contribution in [0.25, 0.3) is 0 Å². The van der Waals surface area contributed by atoms with Gasteiger partial charge in [0.25, 0.3) is 0 Å². The molecule has 88 valence electrons. The first-order chi connectivity index (χ1) is 7.47. The lowest BCUT2D eigenvalue weighted by molar-refractivity contribution is -0.292. The van der Waals surface area contributed by atoms with Gasteiger partial charge < -0.3 is 29.9 Å². The van der Waals surface area contributed by atoms with Gasteiger partial charge in [0.05, 0.1) is 14.6 Å². The molecule has 0 aliphatic carbocycles. The molecule has 0 amide bonds. The van der Waals surface area contributed by atoms with Crippen LogP contribution in [0.2, 0.25) is 0 Å². The van der Waals surface area contributed by atoms with E-state index in [0.29, 0.717) is 0 Å². The van der Waals surface area contributed by atoms with Gasteiger partial charge in [-0.2, -0.15) is 0 Å². The average Bonchev–Trinajstić information content (AvgIpc) is 2.23. The van der Waals surface area contributed by atoms with Gasteiger partial charge in [0, 0.05) is 0 Å². The second-order valence-electron chi connectivity index (χ2n) is 3.25. The Kier molecular flexibility index (Phi) is 4.07. The van der Waals surface area contributed by atoms with Crippen LogP contribution in [-0.2, 0) is 9.47 Å². The van der Waals surface area contributed by atoms with E-state index in [-0.39, 0.29) is 12.7 Å². The maximum atomic E-state index is 9.66. The van der Waals surface area contributed by atoms with Crippen molar-refractivity contribution in [3.05, 3.63) is 12.6 Å². The molecule has 1 aliphatic heterocycles. The molecule has 1 heterocycles. The third kappa shape index (κ3) is 2.75. The van der Waals surface area contributed by atoms with Crippen LogP contribution in [-0.4, -0.2) is 64.3 Å². The van der Waals surface area contributed by atoms with Crippen LogP contribution in [0.15, 0.2) is 12.6 Å². The van der Waals surface area contributed by atoms with Gasteiger partial charge in [-0.1, -0.05) is 6.05 Å². The maximum absolute atomic E-state index is 9.66. The number of aliphatic hydroxyl groups excluding tert-OH is 4. The third-order valence-electron chi connectivity index (χ3n) is 2.22. The summed E-state index contributed by atoms with van der Waals surface area (Å²) in [6.07, 6.45) is -6.39. The third-order valence-corrected chi connectivity index (χ3v) is 2.22. The first-order valence-corrected chi connectivity index (χ1v) is 4.54. The molecular formula is C9H16O6. The van der Waals surface area contributed by atoms with Crippen LogP contribution in [0.3, 0.4) is 0 Å². The van der Waals surface area contributed by atoms with Crippen LogP contribution in [0.4, 0.5) is 0 Å². The predicted molar refractivity (Wildman–Crippen MR) is 49.9 cm³/mol. The second kappa shape index (κ2) is 5.55. The van der Waals surface area contributed by atoms with Crippen LogP contribution in [0.5, 0.6) is 0 Å². The fraction of sp³-hybridized carbons (Fsp3) is 0.778. The summed E-state index contributed by atoms with van der Waals surface area (Å²) in [5.41, 5.74) is 0. The highest BCUT2D eigenvalue weighted by Crippen LogP contribution is 2.22. The summed E-state index contributed by atoms with van der Waals surface area (Å²) in [6.45, 7) is 2.60. The van der Waals surface area contributed by atoms with E-state index in [2.05, 4.69) is 6.58 Å². The molecule has 0 radical (unpaired) electrons. The van der Waals surface area contributed by atoms with Gasteiger partial charge in [0.15, 0.2) is 6.29 Å². The van der Waals surface area contributed by atoms with Crippen molar-refractivity contribution in [2.24, 2.45) is 0 Å². The first kappa shape index (κ1) is 11.0. The Labute approximate surface area is 88.8 Å². The molecule has 4 N–H and O–H groups in total. The molecule has 1 saturated heterocycles. The number of hydrogen-bond donors (Lipinski definition) is 4. The Morgan fingerprint density at radius 1 is 1.40 bits per heavy atom. The van der Waals surface area contributed by atoms with Gasteiger partial charge in [-0.15, -0.1) is 6.58 Å². The normalized spacial score (nSPS) is 42.4. The zero-order chi connectivity index (χ0) is 12.3. The average molecular weight is 221 g/mol. The van der Waals surface area contributed by atoms with Crippen molar-refractivity contribution >= 4 is 0 Å². The molecule has 0 aromatic rings. The van der Waals surface area contributed by atoms with Crippen molar-refractivity contribution < 1.29 is 31.3 Å². The molecule has 1 fully saturated rings. The standard InChI is InChI=1S/C9H16O6/c1-2-3-14-8-6(11)5(4-10)15-9(13)7(8)12/h2,5-13H,1,3-4H2/t5-,6-,7-,8+,9?/m1/s1/i2D. The summed E-state index contributed by atoms with van der Waals surface area (Å²) in [5.74, 6) is 0. The van der Waals surface area contributed by atoms with Crippen molar-refractivity contribution in [2.75, 3.05) is 13.2 Å². The van der Waals surface area contributed by atoms with Gasteiger partial charge in [-0.05, 0) is 0 Å². The van der Waals surface area contributed by atoms with E-state index >= 15 is 0 Å². The lowest BCUT2D eigenvalue weighted by atomic mass is 9.99. The molecule has 1 aliphatic rings. The summed E-state index contributed by atoms with van der Waals surface area (Å²) < 4.78 is 16.8. The lowest BCUT2D eigenvalue weighted by Crippen LogP contribution is -2.59. The van der Waals surface area contributed by atoms with Gasteiger partial charge >= 0.3 is 0 Å². The van der Waals surface area contributed by atoms with Crippen LogP contribution < -0.4 is 0 Å². The molecule has 5 atom stereocenters. The Bertz CT molecular complexity index is 248. The minimum Gasteiger partial charge on any atom is -0.394 e. The summed E-state index contributed by atoms with van der Waals surface area (Å²) in [4.78, 5) is 0. The molecule has 1 unspecified atom stereocenters. The number of ether oxygens (including phenoxy) is 2. The van der Waals surface area contributed by atoms with Gasteiger partial charge in [-0.25, -0.2) is 0 Å². The lowest BCUT2D eigenvalue weighted by Gasteiger charge is -2.39. The summed E-state index contributed by atoms with van der Waals surface area (Å²) in [7, 11) is 0. The highest BCUT2D eigenvalue weighted by Gasteiger charge is 2.44. The van der Waals surface area contributed by atoms with E-state index in [0.717, 1.165) is 0 Å². The highest BCUT2D eigenvalue weighted by molar-refractivity contribution is 4.90. The minimum absolute atomic E-state index is 0.0269. The van der Waals surface area contributed by atoms with Crippen LogP contribution >= 0.6 is 0 Å². The topological polar surface area (TPSA) is 99.4 Å². The molecule has 0 spiro atoms. The Morgan fingerprint density at radius 2 is 2.07 bits per heavy atom. The molecule has 0 aromatic carbocycles. The largest absolute Gasteiger partial charge is 0.394 e. The summed E-state index contributed by atoms with van der Waals surface area (Å²) in [5, 5.41) is 37.3. The fourth-order valence-corrected chi connectivity index (χ4v) is 1.42. The van der Waals surface area contributed by atoms with Crippen molar-refractivity contribution in [2.45, 2.75) is 30.7 Å². The number of hydrogen-bond acceptors (Lipinski definition) is 6. The van der Waals surface area contributed by atoms with E-state index < -0.39 is 37.3 Å². The first-order valence-electron chi connectivity index (χ1n) is 5.04. The molecular weight excluding hydrogens is 204 g/mol. The molecule has 0 bridgehead atoms. The van der Waals surface area contributed by atoms with Gasteiger partial charge in [-0.3, -0.25) is 0 Å². The number of rotatable bonds is 4. The van der Waals surface area contributed by atoms with Crippen molar-refractivity contribution in [3.8, 4) is 0 Å². The maximum Gasteiger partial charge on any atom is 0.184 e. The number of aliphatic hydroxyl groups is 4. The Morgan fingerprint density at radius 3 is 2.60 bits per heavy atom. The molecule has 15 heavy (non-hydrogen) atoms. The molecule has 6 nitrogen and oxygen atoms in total. The minimum atomic E-state index is -1.54. The monoisotopic (exact) mass is 221 g/mol. The van der Waals surface area contributed by atoms with Gasteiger partial charge in [0.2, 0.25) is 0 Å². The smallest absolute Gasteiger partial charge is 0.184 e. The summed E-state index contributed by atoms with van der Waals surface area (Å²) >= 11 is 0. The molecule has 0 aromatic heterocycles. The highest BCUT2D eigenvalue weighted by atomic mass is 16.6. The van der Waals surface area contributed by atoms with E-state index in [1.54, 1.807) is 0 Å². The van der Waals surface area contributed by atoms with Crippen molar-refractivity contribution in [1.82, 2.24) is 0 Å². The zero-order valence-corrected chi connectivity index (χ0v) is 8.11. The molecule has 0 saturated carbocycles. The van der Waals surface area contributed by atoms with Gasteiger partial charge in [0.1, 0.15) is 24.4 Å². The molecule has 6 heteroatoms. The summed E-state index contributed by atoms with van der Waals surface area (Å²) in [6, 6.07) is -0.0269. The SMILES string of the molecule is [2H]C(=C)CO[C@H]1[C@H](O)[C@@H](CO)OC(O)[C@@H]1O. The van der Waals surface area contributed by atoms with E-state index in [1.807, 2.05) is 0 Å². The second-order valence-corrected chi connectivity index (χ2v) is 3.25. The Balaban J connectivity index is 2.65. The fourth-order valence-electron chi connectivity index (χ4n) is 1.42. The van der Waals surface area contributed by atoms with E-state index in [1.165, 1.54) is 0 Å². The van der Waals surface area contributed by atoms with E-state index in [4.69, 9.17) is 16.0 Å². The van der Waals surface area contributed by atoms with Crippen LogP contribution in [0.1, 0.15) is 1.37 Å². The van der Waals surface area contributed by atoms with E-state index in [9.17, 15) is 15.3 Å². The van der Waals surface area contributed by atoms with Crippen LogP contribution in [0, 0.1) is 0 Å². The zero-order valence-electron chi connectivity index (χ0n) is 9.11. The Hall–Kier alpha value is -0.500. The van der Waals surface area contributed by atoms with Crippen molar-refractivity contribution in [1.29, 1.82) is 0 Å². The predicted octanol–water partition coefficient (Wildman–Crippen LogP) is -2.01. The van der Waals surface area contributed by atoms with Crippen molar-refractivity contribution in [3.63, 3.8) is 0 Å². The quantitative estimate of drug-likeness (QED) is 0.409. The molecule has 1 rings (SSSR count).